The number of benzene rings is 2. The van der Waals surface area contributed by atoms with Gasteiger partial charge in [-0.3, -0.25) is 4.79 Å². The normalized spacial score (nSPS) is 14.1. The fraction of sp³-hybridized carbons (Fsp3) is 0.188. The second-order valence-corrected chi connectivity index (χ2v) is 5.36. The molecule has 0 fully saturated rings. The second-order valence-electron chi connectivity index (χ2n) is 4.85. The third-order valence-corrected chi connectivity index (χ3v) is 3.70. The van der Waals surface area contributed by atoms with Crippen molar-refractivity contribution in [3.8, 4) is 5.75 Å². The lowest BCUT2D eigenvalue weighted by atomic mass is 10.1. The Kier molecular flexibility index (Phi) is 3.84. The highest BCUT2D eigenvalue weighted by atomic mass is 32.1. The molecule has 0 atom stereocenters. The van der Waals surface area contributed by atoms with Crippen molar-refractivity contribution in [1.29, 1.82) is 0 Å². The van der Waals surface area contributed by atoms with E-state index in [1.54, 1.807) is 4.90 Å². The fourth-order valence-corrected chi connectivity index (χ4v) is 2.55. The predicted octanol–water partition coefficient (Wildman–Crippen LogP) is 3.15. The van der Waals surface area contributed by atoms with Crippen LogP contribution < -0.4 is 4.74 Å². The molecule has 3 rings (SSSR count). The van der Waals surface area contributed by atoms with Crippen LogP contribution in [0.25, 0.3) is 0 Å². The molecule has 0 aliphatic carbocycles. The molecule has 108 valence electrons. The molecule has 21 heavy (non-hydrogen) atoms. The maximum Gasteiger partial charge on any atom is 0.257 e. The van der Waals surface area contributed by atoms with Crippen molar-refractivity contribution in [2.75, 3.05) is 13.2 Å². The Bertz CT molecular complexity index is 690. The van der Waals surface area contributed by atoms with Crippen molar-refractivity contribution in [3.63, 3.8) is 0 Å². The summed E-state index contributed by atoms with van der Waals surface area (Å²) in [5.74, 6) is -0.101. The van der Waals surface area contributed by atoms with Gasteiger partial charge in [-0.25, -0.2) is 4.39 Å². The maximum absolute atomic E-state index is 13.9. The lowest BCUT2D eigenvalue weighted by Crippen LogP contribution is -2.33. The van der Waals surface area contributed by atoms with E-state index in [0.717, 1.165) is 11.3 Å². The number of carbonyl (C=O) groups is 1. The fourth-order valence-electron chi connectivity index (χ4n) is 2.35. The van der Waals surface area contributed by atoms with Crippen molar-refractivity contribution in [2.24, 2.45) is 0 Å². The molecule has 0 bridgehead atoms. The molecule has 0 radical (unpaired) electrons. The van der Waals surface area contributed by atoms with Crippen molar-refractivity contribution >= 4 is 18.5 Å². The monoisotopic (exact) mass is 303 g/mol. The number of para-hydroxylation sites is 1. The predicted molar refractivity (Wildman–Crippen MR) is 80.3 cm³/mol. The summed E-state index contributed by atoms with van der Waals surface area (Å²) in [5, 5.41) is 0. The highest BCUT2D eigenvalue weighted by Gasteiger charge is 2.23. The number of ether oxygens (including phenoxy) is 1. The quantitative estimate of drug-likeness (QED) is 0.820. The van der Waals surface area contributed by atoms with E-state index >= 15 is 0 Å². The average Bonchev–Trinajstić information content (AvgIpc) is 2.71. The smallest absolute Gasteiger partial charge is 0.257 e. The van der Waals surface area contributed by atoms with Gasteiger partial charge in [0.15, 0.2) is 0 Å². The SMILES string of the molecule is O=C(c1cc(S)ccc1F)N1CCOc2ccccc2C1. The van der Waals surface area contributed by atoms with Gasteiger partial charge in [0, 0.05) is 17.0 Å². The minimum atomic E-state index is -0.531. The topological polar surface area (TPSA) is 29.5 Å². The van der Waals surface area contributed by atoms with E-state index in [1.165, 1.54) is 18.2 Å². The maximum atomic E-state index is 13.9. The molecule has 2 aromatic rings. The van der Waals surface area contributed by atoms with Crippen LogP contribution >= 0.6 is 12.6 Å². The molecule has 0 spiro atoms. The van der Waals surface area contributed by atoms with Gasteiger partial charge < -0.3 is 9.64 Å². The van der Waals surface area contributed by atoms with Gasteiger partial charge in [-0.2, -0.15) is 0 Å². The zero-order chi connectivity index (χ0) is 14.8. The van der Waals surface area contributed by atoms with Crippen molar-refractivity contribution < 1.29 is 13.9 Å². The first-order valence-electron chi connectivity index (χ1n) is 6.63. The Hall–Kier alpha value is -2.01. The molecule has 1 amide bonds. The summed E-state index contributed by atoms with van der Waals surface area (Å²) in [5.41, 5.74) is 0.965. The van der Waals surface area contributed by atoms with Crippen LogP contribution in [0.2, 0.25) is 0 Å². The lowest BCUT2D eigenvalue weighted by molar-refractivity contribution is 0.0728. The summed E-state index contributed by atoms with van der Waals surface area (Å²) in [6.07, 6.45) is 0. The Morgan fingerprint density at radius 2 is 2.05 bits per heavy atom. The highest BCUT2D eigenvalue weighted by molar-refractivity contribution is 7.80. The van der Waals surface area contributed by atoms with Crippen LogP contribution in [0.15, 0.2) is 47.4 Å². The van der Waals surface area contributed by atoms with Gasteiger partial charge in [0.25, 0.3) is 5.91 Å². The first-order chi connectivity index (χ1) is 10.1. The van der Waals surface area contributed by atoms with E-state index in [9.17, 15) is 9.18 Å². The van der Waals surface area contributed by atoms with E-state index in [1.807, 2.05) is 24.3 Å². The molecular weight excluding hydrogens is 289 g/mol. The van der Waals surface area contributed by atoms with E-state index < -0.39 is 5.82 Å². The molecule has 2 aromatic carbocycles. The number of fused-ring (bicyclic) bond motifs is 1. The van der Waals surface area contributed by atoms with Crippen LogP contribution in [-0.4, -0.2) is 24.0 Å². The van der Waals surface area contributed by atoms with Crippen LogP contribution in [0.3, 0.4) is 0 Å². The number of rotatable bonds is 1. The molecule has 0 saturated carbocycles. The molecule has 5 heteroatoms. The Balaban J connectivity index is 1.90. The molecule has 0 N–H and O–H groups in total. The minimum absolute atomic E-state index is 0.0434. The van der Waals surface area contributed by atoms with Crippen LogP contribution in [0.5, 0.6) is 5.75 Å². The third-order valence-electron chi connectivity index (χ3n) is 3.42. The van der Waals surface area contributed by atoms with Crippen LogP contribution in [0.1, 0.15) is 15.9 Å². The number of nitrogens with zero attached hydrogens (tertiary/aromatic N) is 1. The highest BCUT2D eigenvalue weighted by Crippen LogP contribution is 2.24. The average molecular weight is 303 g/mol. The van der Waals surface area contributed by atoms with Gasteiger partial charge in [0.2, 0.25) is 0 Å². The van der Waals surface area contributed by atoms with Crippen molar-refractivity contribution in [1.82, 2.24) is 4.90 Å². The Morgan fingerprint density at radius 1 is 1.24 bits per heavy atom. The van der Waals surface area contributed by atoms with Gasteiger partial charge >= 0.3 is 0 Å². The van der Waals surface area contributed by atoms with Gasteiger partial charge in [-0.05, 0) is 24.3 Å². The van der Waals surface area contributed by atoms with Crippen molar-refractivity contribution in [2.45, 2.75) is 11.4 Å². The van der Waals surface area contributed by atoms with Gasteiger partial charge in [-0.1, -0.05) is 18.2 Å². The molecule has 1 aliphatic rings. The molecule has 3 nitrogen and oxygen atoms in total. The first-order valence-corrected chi connectivity index (χ1v) is 7.08. The van der Waals surface area contributed by atoms with Crippen LogP contribution in [0, 0.1) is 5.82 Å². The van der Waals surface area contributed by atoms with E-state index in [4.69, 9.17) is 4.74 Å². The largest absolute Gasteiger partial charge is 0.491 e. The third kappa shape index (κ3) is 2.88. The lowest BCUT2D eigenvalue weighted by Gasteiger charge is -2.20. The zero-order valence-electron chi connectivity index (χ0n) is 11.3. The Labute approximate surface area is 127 Å². The number of thiol groups is 1. The van der Waals surface area contributed by atoms with Crippen molar-refractivity contribution in [3.05, 3.63) is 59.4 Å². The molecule has 1 heterocycles. The van der Waals surface area contributed by atoms with Crippen LogP contribution in [-0.2, 0) is 6.54 Å². The van der Waals surface area contributed by atoms with Gasteiger partial charge in [0.05, 0.1) is 12.1 Å². The molecule has 1 aliphatic heterocycles. The second kappa shape index (κ2) is 5.77. The summed E-state index contributed by atoms with van der Waals surface area (Å²) >= 11 is 4.16. The summed E-state index contributed by atoms with van der Waals surface area (Å²) in [4.78, 5) is 14.7. The summed E-state index contributed by atoms with van der Waals surface area (Å²) in [6, 6.07) is 11.8. The molecule has 0 unspecified atom stereocenters. The summed E-state index contributed by atoms with van der Waals surface area (Å²) < 4.78 is 19.5. The number of amides is 1. The molecule has 0 saturated heterocycles. The zero-order valence-corrected chi connectivity index (χ0v) is 12.1. The standard InChI is InChI=1S/C16H14FNO2S/c17-14-6-5-12(21)9-13(14)16(19)18-7-8-20-15-4-2-1-3-11(15)10-18/h1-6,9,21H,7-8,10H2. The summed E-state index contributed by atoms with van der Waals surface area (Å²) in [6.45, 7) is 1.22. The van der Waals surface area contributed by atoms with Gasteiger partial charge in [0.1, 0.15) is 18.2 Å². The Morgan fingerprint density at radius 3 is 2.90 bits per heavy atom. The molecule has 0 aromatic heterocycles. The van der Waals surface area contributed by atoms with E-state index in [0.29, 0.717) is 24.6 Å². The minimum Gasteiger partial charge on any atom is -0.491 e. The summed E-state index contributed by atoms with van der Waals surface area (Å²) in [7, 11) is 0. The number of hydrogen-bond donors (Lipinski definition) is 1. The number of hydrogen-bond acceptors (Lipinski definition) is 3. The first kappa shape index (κ1) is 13.9. The molecular formula is C16H14FNO2S. The van der Waals surface area contributed by atoms with Crippen LogP contribution in [0.4, 0.5) is 4.39 Å². The number of halogens is 1. The van der Waals surface area contributed by atoms with Gasteiger partial charge in [-0.15, -0.1) is 12.6 Å². The number of carbonyl (C=O) groups excluding carboxylic acids is 1. The van der Waals surface area contributed by atoms with E-state index in [2.05, 4.69) is 12.6 Å². The van der Waals surface area contributed by atoms with E-state index in [-0.39, 0.29) is 11.5 Å².